The van der Waals surface area contributed by atoms with Crippen molar-refractivity contribution in [3.8, 4) is 22.3 Å². The molecule has 0 bridgehead atoms. The van der Waals surface area contributed by atoms with E-state index >= 15 is 0 Å². The zero-order valence-corrected chi connectivity index (χ0v) is 18.6. The van der Waals surface area contributed by atoms with Gasteiger partial charge >= 0.3 is 0 Å². The first kappa shape index (κ1) is 27.9. The second-order valence-electron chi connectivity index (χ2n) is 5.65. The summed E-state index contributed by atoms with van der Waals surface area (Å²) in [5.74, 6) is 0.483. The topological polar surface area (TPSA) is 0 Å². The van der Waals surface area contributed by atoms with Crippen LogP contribution in [0.15, 0.2) is 78.9 Å². The van der Waals surface area contributed by atoms with Gasteiger partial charge in [-0.1, -0.05) is 142 Å². The summed E-state index contributed by atoms with van der Waals surface area (Å²) in [5, 5.41) is 0. The first-order valence-corrected chi connectivity index (χ1v) is 10.5. The Hall–Kier alpha value is -2.34. The molecule has 3 aromatic rings. The van der Waals surface area contributed by atoms with Gasteiger partial charge in [-0.25, -0.2) is 0 Å². The fraction of sp³-hybridized carbons (Fsp3) is 0.357. The number of benzene rings is 3. The van der Waals surface area contributed by atoms with Crippen molar-refractivity contribution < 1.29 is 0 Å². The van der Waals surface area contributed by atoms with Gasteiger partial charge in [0.2, 0.25) is 0 Å². The quantitative estimate of drug-likeness (QED) is 0.425. The van der Waals surface area contributed by atoms with Gasteiger partial charge in [0, 0.05) is 0 Å². The van der Waals surface area contributed by atoms with E-state index in [9.17, 15) is 0 Å². The Kier molecular flexibility index (Phi) is 16.7. The molecule has 0 aromatic heterocycles. The Balaban J connectivity index is 0. The van der Waals surface area contributed by atoms with Gasteiger partial charge in [0.1, 0.15) is 0 Å². The summed E-state index contributed by atoms with van der Waals surface area (Å²) in [6, 6.07) is 28.0. The molecule has 3 aromatic carbocycles. The predicted octanol–water partition coefficient (Wildman–Crippen LogP) is 9.86. The number of hydrogen-bond acceptors (Lipinski definition) is 0. The van der Waals surface area contributed by atoms with Crippen LogP contribution in [0.5, 0.6) is 0 Å². The Morgan fingerprint density at radius 2 is 0.786 bits per heavy atom. The molecule has 0 amide bonds. The third-order valence-electron chi connectivity index (χ3n) is 3.85. The summed E-state index contributed by atoms with van der Waals surface area (Å²) >= 11 is 0. The standard InChI is InChI=1S/C21H20.3C2H6.CH4/c1-16(2)21-19(17-10-5-3-6-11-17)14-9-15-20(21)18-12-7-4-8-13-18;3*1-2;/h3-16H,1-2H3;3*1-2H3;1H4. The molecule has 0 radical (unpaired) electrons. The molecule has 0 spiro atoms. The Morgan fingerprint density at radius 1 is 0.464 bits per heavy atom. The van der Waals surface area contributed by atoms with Gasteiger partial charge in [0.25, 0.3) is 0 Å². The minimum absolute atomic E-state index is 0. The molecule has 0 saturated carbocycles. The Morgan fingerprint density at radius 3 is 1.07 bits per heavy atom. The van der Waals surface area contributed by atoms with Crippen molar-refractivity contribution in [3.05, 3.63) is 84.4 Å². The molecule has 0 unspecified atom stereocenters. The van der Waals surface area contributed by atoms with Crippen LogP contribution < -0.4 is 0 Å². The Bertz CT molecular complexity index is 652. The van der Waals surface area contributed by atoms with E-state index in [0.29, 0.717) is 5.92 Å². The summed E-state index contributed by atoms with van der Waals surface area (Å²) in [6.07, 6.45) is 0. The van der Waals surface area contributed by atoms with E-state index in [2.05, 4.69) is 92.7 Å². The van der Waals surface area contributed by atoms with Crippen molar-refractivity contribution in [3.63, 3.8) is 0 Å². The monoisotopic (exact) mass is 378 g/mol. The minimum Gasteiger partial charge on any atom is -0.0776 e. The van der Waals surface area contributed by atoms with E-state index in [0.717, 1.165) is 0 Å². The molecule has 0 atom stereocenters. The molecule has 0 aliphatic heterocycles. The molecule has 0 fully saturated rings. The van der Waals surface area contributed by atoms with Crippen LogP contribution in [0.4, 0.5) is 0 Å². The normalized spacial score (nSPS) is 8.75. The summed E-state index contributed by atoms with van der Waals surface area (Å²) in [4.78, 5) is 0. The fourth-order valence-corrected chi connectivity index (χ4v) is 2.93. The maximum absolute atomic E-state index is 2.27. The van der Waals surface area contributed by atoms with Gasteiger partial charge in [0.15, 0.2) is 0 Å². The molecule has 0 aliphatic rings. The van der Waals surface area contributed by atoms with E-state index in [1.54, 1.807) is 0 Å². The molecule has 28 heavy (non-hydrogen) atoms. The summed E-state index contributed by atoms with van der Waals surface area (Å²) in [5.41, 5.74) is 6.69. The number of rotatable bonds is 3. The van der Waals surface area contributed by atoms with Crippen LogP contribution in [0.3, 0.4) is 0 Å². The van der Waals surface area contributed by atoms with Crippen LogP contribution in [0, 0.1) is 0 Å². The molecule has 0 aliphatic carbocycles. The molecule has 0 heteroatoms. The lowest BCUT2D eigenvalue weighted by Crippen LogP contribution is -1.96. The minimum atomic E-state index is 0. The van der Waals surface area contributed by atoms with Gasteiger partial charge in [-0.15, -0.1) is 0 Å². The average Bonchev–Trinajstić information content (AvgIpc) is 2.78. The third-order valence-corrected chi connectivity index (χ3v) is 3.85. The highest BCUT2D eigenvalue weighted by atomic mass is 14.2. The average molecular weight is 379 g/mol. The molecular formula is C28H42. The van der Waals surface area contributed by atoms with E-state index in [4.69, 9.17) is 0 Å². The first-order chi connectivity index (χ1) is 13.3. The van der Waals surface area contributed by atoms with Crippen molar-refractivity contribution >= 4 is 0 Å². The highest BCUT2D eigenvalue weighted by Gasteiger charge is 2.14. The second-order valence-corrected chi connectivity index (χ2v) is 5.65. The van der Waals surface area contributed by atoms with Gasteiger partial charge in [-0.3, -0.25) is 0 Å². The zero-order valence-electron chi connectivity index (χ0n) is 18.6. The van der Waals surface area contributed by atoms with Crippen molar-refractivity contribution in [2.24, 2.45) is 0 Å². The largest absolute Gasteiger partial charge is 0.0776 e. The SMILES string of the molecule is C.CC.CC.CC.CC(C)c1c(-c2ccccc2)cccc1-c1ccccc1. The highest BCUT2D eigenvalue weighted by Crippen LogP contribution is 2.36. The van der Waals surface area contributed by atoms with Crippen LogP contribution in [-0.2, 0) is 0 Å². The maximum atomic E-state index is 2.27. The summed E-state index contributed by atoms with van der Waals surface area (Å²) in [7, 11) is 0. The van der Waals surface area contributed by atoms with E-state index in [-0.39, 0.29) is 7.43 Å². The van der Waals surface area contributed by atoms with Crippen LogP contribution in [0.25, 0.3) is 22.3 Å². The lowest BCUT2D eigenvalue weighted by molar-refractivity contribution is 0.871. The molecule has 154 valence electrons. The molecule has 0 N–H and O–H groups in total. The van der Waals surface area contributed by atoms with Gasteiger partial charge in [0.05, 0.1) is 0 Å². The van der Waals surface area contributed by atoms with Gasteiger partial charge in [-0.05, 0) is 33.7 Å². The zero-order chi connectivity index (χ0) is 20.7. The van der Waals surface area contributed by atoms with Gasteiger partial charge in [-0.2, -0.15) is 0 Å². The van der Waals surface area contributed by atoms with Crippen molar-refractivity contribution in [1.82, 2.24) is 0 Å². The van der Waals surface area contributed by atoms with Crippen LogP contribution >= 0.6 is 0 Å². The highest BCUT2D eigenvalue weighted by molar-refractivity contribution is 5.79. The van der Waals surface area contributed by atoms with Crippen LogP contribution in [0.1, 0.15) is 74.3 Å². The van der Waals surface area contributed by atoms with E-state index < -0.39 is 0 Å². The molecule has 0 nitrogen and oxygen atoms in total. The lowest BCUT2D eigenvalue weighted by Gasteiger charge is -2.18. The van der Waals surface area contributed by atoms with Crippen LogP contribution in [-0.4, -0.2) is 0 Å². The fourth-order valence-electron chi connectivity index (χ4n) is 2.93. The van der Waals surface area contributed by atoms with Crippen molar-refractivity contribution in [2.75, 3.05) is 0 Å². The van der Waals surface area contributed by atoms with E-state index in [1.807, 2.05) is 41.5 Å². The van der Waals surface area contributed by atoms with Crippen molar-refractivity contribution in [1.29, 1.82) is 0 Å². The molecular weight excluding hydrogens is 336 g/mol. The summed E-state index contributed by atoms with van der Waals surface area (Å²) in [6.45, 7) is 16.5. The second kappa shape index (κ2) is 16.8. The van der Waals surface area contributed by atoms with Crippen molar-refractivity contribution in [2.45, 2.75) is 68.7 Å². The van der Waals surface area contributed by atoms with E-state index in [1.165, 1.54) is 27.8 Å². The predicted molar refractivity (Wildman–Crippen MR) is 132 cm³/mol. The maximum Gasteiger partial charge on any atom is -0.0143 e. The molecule has 0 saturated heterocycles. The summed E-state index contributed by atoms with van der Waals surface area (Å²) < 4.78 is 0. The Labute approximate surface area is 175 Å². The smallest absolute Gasteiger partial charge is 0.0143 e. The first-order valence-electron chi connectivity index (χ1n) is 10.5. The number of hydrogen-bond donors (Lipinski definition) is 0. The third kappa shape index (κ3) is 7.72. The lowest BCUT2D eigenvalue weighted by atomic mass is 9.86. The molecule has 0 heterocycles. The molecule has 3 rings (SSSR count). The van der Waals surface area contributed by atoms with Crippen LogP contribution in [0.2, 0.25) is 0 Å². The van der Waals surface area contributed by atoms with Gasteiger partial charge < -0.3 is 0 Å².